The predicted molar refractivity (Wildman–Crippen MR) is 82.0 cm³/mol. The van der Waals surface area contributed by atoms with Gasteiger partial charge in [0.2, 0.25) is 11.8 Å². The third-order valence-electron chi connectivity index (χ3n) is 2.19. The molecule has 1 rings (SSSR count). The summed E-state index contributed by atoms with van der Waals surface area (Å²) in [6, 6.07) is 3.92. The zero-order chi connectivity index (χ0) is 14.4. The Bertz CT molecular complexity index is 483. The number of nitrogens with one attached hydrogen (secondary N) is 1. The van der Waals surface area contributed by atoms with Crippen molar-refractivity contribution in [1.29, 1.82) is 0 Å². The zero-order valence-electron chi connectivity index (χ0n) is 11.1. The van der Waals surface area contributed by atoms with Crippen molar-refractivity contribution in [1.82, 2.24) is 10.2 Å². The molecule has 0 aliphatic rings. The monoisotopic (exact) mass is 344 g/mol. The van der Waals surface area contributed by atoms with Gasteiger partial charge in [0, 0.05) is 24.0 Å². The summed E-state index contributed by atoms with van der Waals surface area (Å²) in [5, 5.41) is 2.74. The molecule has 1 aromatic rings. The Balaban J connectivity index is 2.48. The second kappa shape index (κ2) is 7.45. The molecule has 0 spiro atoms. The Kier molecular flexibility index (Phi) is 6.24. The summed E-state index contributed by atoms with van der Waals surface area (Å²) in [7, 11) is 1.61. The fraction of sp³-hybridized carbons (Fsp3) is 0.385. The van der Waals surface area contributed by atoms with Gasteiger partial charge in [-0.3, -0.25) is 9.59 Å². The number of likely N-dealkylation sites (N-methyl/N-ethyl adjacent to an activating group) is 1. The maximum Gasteiger partial charge on any atom is 0.246 e. The molecule has 0 aliphatic carbocycles. The van der Waals surface area contributed by atoms with E-state index in [1.807, 2.05) is 26.0 Å². The van der Waals surface area contributed by atoms with Crippen LogP contribution in [0.15, 0.2) is 22.0 Å². The number of halogens is 1. The van der Waals surface area contributed by atoms with E-state index in [-0.39, 0.29) is 24.4 Å². The van der Waals surface area contributed by atoms with E-state index in [0.717, 1.165) is 8.66 Å². The molecule has 4 nitrogen and oxygen atoms in total. The Labute approximate surface area is 125 Å². The summed E-state index contributed by atoms with van der Waals surface area (Å²) >= 11 is 4.90. The van der Waals surface area contributed by atoms with Gasteiger partial charge in [-0.2, -0.15) is 0 Å². The maximum absolute atomic E-state index is 11.8. The minimum absolute atomic E-state index is 0.0650. The molecule has 0 aliphatic heterocycles. The smallest absolute Gasteiger partial charge is 0.246 e. The third kappa shape index (κ3) is 6.02. The minimum Gasteiger partial charge on any atom is -0.352 e. The minimum atomic E-state index is -0.191. The molecule has 1 heterocycles. The molecule has 1 aromatic heterocycles. The van der Waals surface area contributed by atoms with Gasteiger partial charge in [-0.1, -0.05) is 0 Å². The predicted octanol–water partition coefficient (Wildman–Crippen LogP) is 2.51. The van der Waals surface area contributed by atoms with Crippen molar-refractivity contribution in [3.8, 4) is 0 Å². The van der Waals surface area contributed by atoms with Crippen molar-refractivity contribution in [3.63, 3.8) is 0 Å². The number of carbonyl (C=O) groups is 2. The molecule has 0 unspecified atom stereocenters. The van der Waals surface area contributed by atoms with Crippen molar-refractivity contribution in [3.05, 3.63) is 26.9 Å². The molecule has 0 aromatic carbocycles. The molecule has 19 heavy (non-hydrogen) atoms. The molecule has 0 fully saturated rings. The van der Waals surface area contributed by atoms with Crippen molar-refractivity contribution in [2.45, 2.75) is 19.9 Å². The molecule has 104 valence electrons. The maximum atomic E-state index is 11.8. The van der Waals surface area contributed by atoms with Crippen LogP contribution in [-0.2, 0) is 9.59 Å². The highest BCUT2D eigenvalue weighted by atomic mass is 79.9. The van der Waals surface area contributed by atoms with E-state index in [1.165, 1.54) is 11.0 Å². The lowest BCUT2D eigenvalue weighted by Crippen LogP contribution is -2.40. The molecule has 0 atom stereocenters. The highest BCUT2D eigenvalue weighted by Gasteiger charge is 2.10. The Hall–Kier alpha value is -1.14. The van der Waals surface area contributed by atoms with Gasteiger partial charge >= 0.3 is 0 Å². The first-order valence-corrected chi connectivity index (χ1v) is 7.47. The lowest BCUT2D eigenvalue weighted by Gasteiger charge is -2.16. The average Bonchev–Trinajstić information content (AvgIpc) is 2.70. The topological polar surface area (TPSA) is 49.4 Å². The Morgan fingerprint density at radius 1 is 1.47 bits per heavy atom. The van der Waals surface area contributed by atoms with Crippen LogP contribution in [0, 0.1) is 0 Å². The molecule has 6 heteroatoms. The van der Waals surface area contributed by atoms with Crippen molar-refractivity contribution in [2.24, 2.45) is 0 Å². The quantitative estimate of drug-likeness (QED) is 0.834. The summed E-state index contributed by atoms with van der Waals surface area (Å²) in [4.78, 5) is 25.7. The molecule has 1 N–H and O–H groups in total. The van der Waals surface area contributed by atoms with Gasteiger partial charge in [0.05, 0.1) is 10.3 Å². The normalized spacial score (nSPS) is 11.0. The first kappa shape index (κ1) is 15.9. The fourth-order valence-electron chi connectivity index (χ4n) is 1.36. The van der Waals surface area contributed by atoms with Crippen molar-refractivity contribution < 1.29 is 9.59 Å². The fourth-order valence-corrected chi connectivity index (χ4v) is 2.69. The SMILES string of the molecule is CC(C)NC(=O)CN(C)C(=O)C=Cc1ccc(Br)s1. The highest BCUT2D eigenvalue weighted by molar-refractivity contribution is 9.11. The molecule has 0 radical (unpaired) electrons. The van der Waals surface area contributed by atoms with Gasteiger partial charge in [0.15, 0.2) is 0 Å². The van der Waals surface area contributed by atoms with E-state index in [4.69, 9.17) is 0 Å². The Morgan fingerprint density at radius 3 is 2.68 bits per heavy atom. The number of thiophene rings is 1. The summed E-state index contributed by atoms with van der Waals surface area (Å²) in [5.41, 5.74) is 0. The lowest BCUT2D eigenvalue weighted by atomic mass is 10.3. The molecule has 0 saturated carbocycles. The van der Waals surface area contributed by atoms with E-state index in [1.54, 1.807) is 24.5 Å². The van der Waals surface area contributed by atoms with Crippen molar-refractivity contribution in [2.75, 3.05) is 13.6 Å². The number of amides is 2. The van der Waals surface area contributed by atoms with Crippen LogP contribution >= 0.6 is 27.3 Å². The lowest BCUT2D eigenvalue weighted by molar-refractivity contribution is -0.131. The standard InChI is InChI=1S/C13H17BrN2O2S/c1-9(2)15-12(17)8-16(3)13(18)7-5-10-4-6-11(14)19-10/h4-7,9H,8H2,1-3H3,(H,15,17). The van der Waals surface area contributed by atoms with E-state index >= 15 is 0 Å². The molecule has 0 bridgehead atoms. The molecular weight excluding hydrogens is 328 g/mol. The van der Waals surface area contributed by atoms with Gasteiger partial charge in [-0.25, -0.2) is 0 Å². The van der Waals surface area contributed by atoms with E-state index in [0.29, 0.717) is 0 Å². The average molecular weight is 345 g/mol. The molecule has 0 saturated heterocycles. The number of nitrogens with zero attached hydrogens (tertiary/aromatic N) is 1. The third-order valence-corrected chi connectivity index (χ3v) is 3.78. The largest absolute Gasteiger partial charge is 0.352 e. The summed E-state index contributed by atoms with van der Waals surface area (Å²) in [5.74, 6) is -0.346. The van der Waals surface area contributed by atoms with E-state index in [9.17, 15) is 9.59 Å². The van der Waals surface area contributed by atoms with Gasteiger partial charge in [0.1, 0.15) is 0 Å². The van der Waals surface area contributed by atoms with E-state index in [2.05, 4.69) is 21.2 Å². The summed E-state index contributed by atoms with van der Waals surface area (Å²) in [6.45, 7) is 3.83. The zero-order valence-corrected chi connectivity index (χ0v) is 13.5. The summed E-state index contributed by atoms with van der Waals surface area (Å²) < 4.78 is 1.02. The van der Waals surface area contributed by atoms with Crippen LogP contribution in [0.1, 0.15) is 18.7 Å². The number of carbonyl (C=O) groups excluding carboxylic acids is 2. The van der Waals surface area contributed by atoms with Gasteiger partial charge < -0.3 is 10.2 Å². The van der Waals surface area contributed by atoms with Crippen LogP contribution in [0.25, 0.3) is 6.08 Å². The van der Waals surface area contributed by atoms with Crippen LogP contribution in [-0.4, -0.2) is 36.3 Å². The molecule has 2 amide bonds. The van der Waals surface area contributed by atoms with Crippen LogP contribution in [0.3, 0.4) is 0 Å². The van der Waals surface area contributed by atoms with Crippen LogP contribution in [0.5, 0.6) is 0 Å². The first-order chi connectivity index (χ1) is 8.88. The van der Waals surface area contributed by atoms with Crippen LogP contribution in [0.2, 0.25) is 0 Å². The second-order valence-electron chi connectivity index (χ2n) is 4.39. The Morgan fingerprint density at radius 2 is 2.16 bits per heavy atom. The van der Waals surface area contributed by atoms with Crippen LogP contribution < -0.4 is 5.32 Å². The first-order valence-electron chi connectivity index (χ1n) is 5.86. The van der Waals surface area contributed by atoms with E-state index < -0.39 is 0 Å². The highest BCUT2D eigenvalue weighted by Crippen LogP contribution is 2.22. The van der Waals surface area contributed by atoms with Gasteiger partial charge in [-0.15, -0.1) is 11.3 Å². The number of rotatable bonds is 5. The van der Waals surface area contributed by atoms with Crippen molar-refractivity contribution >= 4 is 45.2 Å². The number of hydrogen-bond acceptors (Lipinski definition) is 3. The molecular formula is C13H17BrN2O2S. The summed E-state index contributed by atoms with van der Waals surface area (Å²) in [6.07, 6.45) is 3.22. The van der Waals surface area contributed by atoms with Gasteiger partial charge in [-0.05, 0) is 48.0 Å². The second-order valence-corrected chi connectivity index (χ2v) is 6.89. The van der Waals surface area contributed by atoms with Gasteiger partial charge in [0.25, 0.3) is 0 Å². The van der Waals surface area contributed by atoms with Crippen LogP contribution in [0.4, 0.5) is 0 Å². The number of hydrogen-bond donors (Lipinski definition) is 1.